The predicted octanol–water partition coefficient (Wildman–Crippen LogP) is 4.70. The molecular formula is C17H14Cl2N2O. The van der Waals surface area contributed by atoms with Gasteiger partial charge in [0.2, 0.25) is 0 Å². The molecule has 0 radical (unpaired) electrons. The van der Waals surface area contributed by atoms with Crippen LogP contribution in [0.4, 0.5) is 0 Å². The number of hydrogen-bond donors (Lipinski definition) is 0. The number of hydrogen-bond acceptors (Lipinski definition) is 3. The Hall–Kier alpha value is -1.63. The van der Waals surface area contributed by atoms with Crippen LogP contribution in [0.15, 0.2) is 34.5 Å². The van der Waals surface area contributed by atoms with Crippen LogP contribution in [0.1, 0.15) is 37.7 Å². The Morgan fingerprint density at radius 3 is 2.73 bits per heavy atom. The summed E-state index contributed by atoms with van der Waals surface area (Å²) in [5.41, 5.74) is 3.11. The molecule has 2 unspecified atom stereocenters. The summed E-state index contributed by atoms with van der Waals surface area (Å²) in [4.78, 5) is 17.0. The number of halogens is 2. The Kier molecular flexibility index (Phi) is 4.08. The lowest BCUT2D eigenvalue weighted by molar-refractivity contribution is -0.116. The van der Waals surface area contributed by atoms with Crippen molar-refractivity contribution < 1.29 is 4.79 Å². The van der Waals surface area contributed by atoms with Crippen LogP contribution in [0, 0.1) is 17.2 Å². The van der Waals surface area contributed by atoms with Crippen LogP contribution in [0.2, 0.25) is 10.0 Å². The van der Waals surface area contributed by atoms with Crippen LogP contribution in [0.25, 0.3) is 0 Å². The number of allylic oxidation sites excluding steroid dienone is 2. The molecule has 0 saturated carbocycles. The first kappa shape index (κ1) is 15.3. The van der Waals surface area contributed by atoms with E-state index in [1.807, 2.05) is 13.0 Å². The summed E-state index contributed by atoms with van der Waals surface area (Å²) in [5.74, 6) is -0.660. The average molecular weight is 333 g/mol. The second kappa shape index (κ2) is 5.87. The molecule has 5 heteroatoms. The topological polar surface area (TPSA) is 53.2 Å². The molecule has 0 bridgehead atoms. The van der Waals surface area contributed by atoms with E-state index in [0.717, 1.165) is 29.8 Å². The molecule has 0 amide bonds. The van der Waals surface area contributed by atoms with E-state index in [9.17, 15) is 10.1 Å². The third-order valence-electron chi connectivity index (χ3n) is 4.28. The van der Waals surface area contributed by atoms with Crippen LogP contribution in [-0.2, 0) is 4.79 Å². The Balaban J connectivity index is 2.19. The van der Waals surface area contributed by atoms with Crippen LogP contribution < -0.4 is 0 Å². The number of Topliss-reactive ketones (excluding diaryl/α,β-unsaturated/α-hetero) is 1. The molecule has 112 valence electrons. The van der Waals surface area contributed by atoms with Crippen molar-refractivity contribution in [2.75, 3.05) is 0 Å². The lowest BCUT2D eigenvalue weighted by atomic mass is 9.72. The fourth-order valence-corrected chi connectivity index (χ4v) is 3.55. The van der Waals surface area contributed by atoms with E-state index in [1.54, 1.807) is 12.1 Å². The molecule has 0 spiro atoms. The van der Waals surface area contributed by atoms with Gasteiger partial charge in [0, 0.05) is 29.3 Å². The van der Waals surface area contributed by atoms with Crippen molar-refractivity contribution in [3.63, 3.8) is 0 Å². The lowest BCUT2D eigenvalue weighted by Gasteiger charge is -2.32. The van der Waals surface area contributed by atoms with E-state index in [2.05, 4.69) is 11.1 Å². The molecule has 1 aromatic carbocycles. The van der Waals surface area contributed by atoms with Crippen LogP contribution in [-0.4, -0.2) is 11.5 Å². The second-order valence-electron chi connectivity index (χ2n) is 5.65. The summed E-state index contributed by atoms with van der Waals surface area (Å²) in [7, 11) is 0. The first-order valence-corrected chi connectivity index (χ1v) is 7.94. The Labute approximate surface area is 139 Å². The molecule has 1 heterocycles. The normalized spacial score (nSPS) is 24.6. The van der Waals surface area contributed by atoms with Gasteiger partial charge in [0.05, 0.1) is 22.0 Å². The van der Waals surface area contributed by atoms with Gasteiger partial charge in [-0.2, -0.15) is 5.26 Å². The summed E-state index contributed by atoms with van der Waals surface area (Å²) in [6.45, 7) is 1.85. The van der Waals surface area contributed by atoms with Crippen LogP contribution in [0.5, 0.6) is 0 Å². The van der Waals surface area contributed by atoms with Gasteiger partial charge in [0.25, 0.3) is 0 Å². The number of carbonyl (C=O) groups excluding carboxylic acids is 1. The molecule has 3 rings (SSSR count). The van der Waals surface area contributed by atoms with Crippen molar-refractivity contribution in [3.8, 4) is 6.07 Å². The van der Waals surface area contributed by atoms with E-state index < -0.39 is 5.92 Å². The molecule has 0 saturated heterocycles. The Morgan fingerprint density at radius 1 is 1.27 bits per heavy atom. The standard InChI is InChI=1S/C17H14Cl2N2O/c1-9-11(8-20)16(10-5-6-12(18)13(19)7-10)17-14(21-9)3-2-4-15(17)22/h5-7,11,16H,2-4H2,1H3. The molecule has 22 heavy (non-hydrogen) atoms. The van der Waals surface area contributed by atoms with Gasteiger partial charge in [0.15, 0.2) is 5.78 Å². The van der Waals surface area contributed by atoms with Crippen molar-refractivity contribution in [1.29, 1.82) is 5.26 Å². The number of nitriles is 1. The highest BCUT2D eigenvalue weighted by atomic mass is 35.5. The average Bonchev–Trinajstić information content (AvgIpc) is 2.49. The van der Waals surface area contributed by atoms with Gasteiger partial charge in [-0.3, -0.25) is 9.79 Å². The van der Waals surface area contributed by atoms with Crippen molar-refractivity contribution in [1.82, 2.24) is 0 Å². The van der Waals surface area contributed by atoms with Crippen molar-refractivity contribution >= 4 is 34.7 Å². The molecule has 0 N–H and O–H groups in total. The fraction of sp³-hybridized carbons (Fsp3) is 0.353. The minimum atomic E-state index is -0.446. The summed E-state index contributed by atoms with van der Waals surface area (Å²) >= 11 is 12.1. The highest BCUT2D eigenvalue weighted by molar-refractivity contribution is 6.42. The zero-order chi connectivity index (χ0) is 15.9. The van der Waals surface area contributed by atoms with Crippen molar-refractivity contribution in [3.05, 3.63) is 45.1 Å². The summed E-state index contributed by atoms with van der Waals surface area (Å²) in [5, 5.41) is 10.5. The SMILES string of the molecule is CC1=NC2=C(C(=O)CCC2)C(c2ccc(Cl)c(Cl)c2)C1C#N. The number of rotatable bonds is 1. The van der Waals surface area contributed by atoms with Gasteiger partial charge >= 0.3 is 0 Å². The number of nitrogens with zero attached hydrogens (tertiary/aromatic N) is 2. The first-order chi connectivity index (χ1) is 10.5. The lowest BCUT2D eigenvalue weighted by Crippen LogP contribution is -2.30. The highest BCUT2D eigenvalue weighted by Crippen LogP contribution is 2.43. The maximum absolute atomic E-state index is 12.4. The Morgan fingerprint density at radius 2 is 2.05 bits per heavy atom. The van der Waals surface area contributed by atoms with E-state index in [0.29, 0.717) is 22.0 Å². The van der Waals surface area contributed by atoms with Crippen molar-refractivity contribution in [2.24, 2.45) is 10.9 Å². The minimum absolute atomic E-state index is 0.0915. The van der Waals surface area contributed by atoms with Crippen molar-refractivity contribution in [2.45, 2.75) is 32.1 Å². The molecule has 2 atom stereocenters. The number of carbonyl (C=O) groups is 1. The quantitative estimate of drug-likeness (QED) is 0.748. The fourth-order valence-electron chi connectivity index (χ4n) is 3.24. The monoisotopic (exact) mass is 332 g/mol. The minimum Gasteiger partial charge on any atom is -0.294 e. The molecule has 1 aliphatic carbocycles. The largest absolute Gasteiger partial charge is 0.294 e. The molecule has 1 aromatic rings. The molecule has 2 aliphatic rings. The van der Waals surface area contributed by atoms with E-state index >= 15 is 0 Å². The first-order valence-electron chi connectivity index (χ1n) is 7.19. The zero-order valence-electron chi connectivity index (χ0n) is 12.1. The summed E-state index contributed by atoms with van der Waals surface area (Å²) < 4.78 is 0. The third-order valence-corrected chi connectivity index (χ3v) is 5.02. The molecule has 0 aromatic heterocycles. The highest BCUT2D eigenvalue weighted by Gasteiger charge is 2.39. The van der Waals surface area contributed by atoms with E-state index in [4.69, 9.17) is 23.2 Å². The van der Waals surface area contributed by atoms with Crippen LogP contribution >= 0.6 is 23.2 Å². The predicted molar refractivity (Wildman–Crippen MR) is 87.3 cm³/mol. The Bertz CT molecular complexity index is 758. The van der Waals surface area contributed by atoms with Gasteiger partial charge in [-0.25, -0.2) is 0 Å². The molecular weight excluding hydrogens is 319 g/mol. The van der Waals surface area contributed by atoms with Gasteiger partial charge in [-0.05, 0) is 37.5 Å². The molecule has 1 aliphatic heterocycles. The smallest absolute Gasteiger partial charge is 0.161 e. The van der Waals surface area contributed by atoms with Gasteiger partial charge < -0.3 is 0 Å². The number of ketones is 1. The van der Waals surface area contributed by atoms with Gasteiger partial charge in [-0.1, -0.05) is 29.3 Å². The van der Waals surface area contributed by atoms with Gasteiger partial charge in [-0.15, -0.1) is 0 Å². The summed E-state index contributed by atoms with van der Waals surface area (Å²) in [6.07, 6.45) is 2.12. The molecule has 0 fully saturated rings. The second-order valence-corrected chi connectivity index (χ2v) is 6.46. The number of aliphatic imine (C=N–C) groups is 1. The van der Waals surface area contributed by atoms with E-state index in [1.165, 1.54) is 0 Å². The third kappa shape index (κ3) is 2.47. The summed E-state index contributed by atoms with van der Waals surface area (Å²) in [6, 6.07) is 7.60. The maximum Gasteiger partial charge on any atom is 0.161 e. The van der Waals surface area contributed by atoms with Crippen LogP contribution in [0.3, 0.4) is 0 Å². The van der Waals surface area contributed by atoms with E-state index in [-0.39, 0.29) is 11.7 Å². The zero-order valence-corrected chi connectivity index (χ0v) is 13.6. The molecule has 3 nitrogen and oxygen atoms in total. The maximum atomic E-state index is 12.4. The number of benzene rings is 1. The van der Waals surface area contributed by atoms with Gasteiger partial charge in [0.1, 0.15) is 0 Å².